The molecule has 2 aromatic heterocycles. The van der Waals surface area contributed by atoms with E-state index in [-0.39, 0.29) is 28.8 Å². The fraction of sp³-hybridized carbons (Fsp3) is 0.458. The molecule has 1 aromatic carbocycles. The summed E-state index contributed by atoms with van der Waals surface area (Å²) in [4.78, 5) is 6.16. The van der Waals surface area contributed by atoms with Gasteiger partial charge >= 0.3 is 0 Å². The molecule has 0 spiro atoms. The number of aromatic nitrogens is 5. The second-order valence-corrected chi connectivity index (χ2v) is 9.96. The first-order chi connectivity index (χ1) is 16.6. The van der Waals surface area contributed by atoms with Gasteiger partial charge in [0, 0.05) is 24.2 Å². The summed E-state index contributed by atoms with van der Waals surface area (Å²) in [5, 5.41) is 35.2. The van der Waals surface area contributed by atoms with Crippen LogP contribution in [-0.4, -0.2) is 60.4 Å². The van der Waals surface area contributed by atoms with Crippen molar-refractivity contribution in [1.82, 2.24) is 30.3 Å². The molecule has 4 heterocycles. The Kier molecular flexibility index (Phi) is 5.44. The van der Waals surface area contributed by atoms with Crippen molar-refractivity contribution in [1.29, 1.82) is 5.26 Å². The average molecular weight is 481 g/mol. The van der Waals surface area contributed by atoms with Gasteiger partial charge in [-0.1, -0.05) is 0 Å². The van der Waals surface area contributed by atoms with E-state index in [1.807, 2.05) is 6.92 Å². The van der Waals surface area contributed by atoms with Crippen LogP contribution in [0.2, 0.25) is 0 Å². The van der Waals surface area contributed by atoms with Crippen LogP contribution in [0.25, 0.3) is 17.1 Å². The van der Waals surface area contributed by atoms with Crippen LogP contribution in [0.5, 0.6) is 5.75 Å². The van der Waals surface area contributed by atoms with Crippen LogP contribution in [0.3, 0.4) is 0 Å². The van der Waals surface area contributed by atoms with E-state index in [1.165, 1.54) is 12.3 Å². The van der Waals surface area contributed by atoms with E-state index in [1.54, 1.807) is 30.1 Å². The van der Waals surface area contributed by atoms with Gasteiger partial charge in [-0.2, -0.15) is 10.4 Å². The van der Waals surface area contributed by atoms with Crippen molar-refractivity contribution in [2.75, 3.05) is 11.9 Å². The molecular weight excluding hydrogens is 454 g/mol. The van der Waals surface area contributed by atoms with E-state index in [4.69, 9.17) is 5.26 Å². The number of aromatic hydroxyl groups is 1. The SMILES string of the molecule is CN(c1cnc(-c2ccc(-n3cc(F)c(C#N)n3)cc2O)nn1)[C@@H]1C[C@@]2(C)CCC[C@](C)(N2)[C@@H]1F. The lowest BCUT2D eigenvalue weighted by molar-refractivity contribution is 0.00193. The van der Waals surface area contributed by atoms with Gasteiger partial charge in [-0.3, -0.25) is 0 Å². The predicted molar refractivity (Wildman–Crippen MR) is 124 cm³/mol. The van der Waals surface area contributed by atoms with Gasteiger partial charge < -0.3 is 15.3 Å². The van der Waals surface area contributed by atoms with Crippen LogP contribution < -0.4 is 10.2 Å². The molecule has 2 aliphatic heterocycles. The molecule has 2 bridgehead atoms. The summed E-state index contributed by atoms with van der Waals surface area (Å²) in [6.07, 6.45) is 4.94. The summed E-state index contributed by atoms with van der Waals surface area (Å²) < 4.78 is 30.4. The van der Waals surface area contributed by atoms with Crippen LogP contribution in [0.15, 0.2) is 30.6 Å². The Balaban J connectivity index is 1.37. The zero-order valence-electron chi connectivity index (χ0n) is 19.7. The van der Waals surface area contributed by atoms with Crippen molar-refractivity contribution >= 4 is 5.82 Å². The van der Waals surface area contributed by atoms with Crippen molar-refractivity contribution in [3.8, 4) is 28.9 Å². The number of phenolic OH excluding ortho intramolecular Hbond substituents is 1. The molecule has 0 radical (unpaired) electrons. The standard InChI is InChI=1S/C24H26F2N8O/c1-23-7-4-8-24(2,32-23)21(26)18(10-23)33(3)20-12-28-22(30-29-20)15-6-5-14(9-19(15)35)34-13-16(25)17(11-27)31-34/h5-6,9,12-13,18,21,32,35H,4,7-8,10H2,1-3H3/t18-,21-,23-,24+/m1/s1. The van der Waals surface area contributed by atoms with E-state index < -0.39 is 17.5 Å². The van der Waals surface area contributed by atoms with Gasteiger partial charge in [0.1, 0.15) is 18.0 Å². The summed E-state index contributed by atoms with van der Waals surface area (Å²) in [6, 6.07) is 5.82. The molecule has 0 unspecified atom stereocenters. The van der Waals surface area contributed by atoms with Gasteiger partial charge in [0.25, 0.3) is 0 Å². The van der Waals surface area contributed by atoms with Crippen molar-refractivity contribution < 1.29 is 13.9 Å². The van der Waals surface area contributed by atoms with E-state index in [9.17, 15) is 9.50 Å². The number of piperidine rings is 2. The topological polar surface area (TPSA) is 116 Å². The molecule has 0 aliphatic carbocycles. The molecule has 2 N–H and O–H groups in total. The van der Waals surface area contributed by atoms with Gasteiger partial charge in [-0.15, -0.1) is 10.2 Å². The van der Waals surface area contributed by atoms with Crippen LogP contribution in [0, 0.1) is 17.1 Å². The smallest absolute Gasteiger partial charge is 0.198 e. The van der Waals surface area contributed by atoms with Crippen molar-refractivity contribution in [3.05, 3.63) is 42.1 Å². The Hall–Kier alpha value is -3.65. The Morgan fingerprint density at radius 2 is 2.09 bits per heavy atom. The molecule has 182 valence electrons. The number of nitrogens with one attached hydrogen (secondary N) is 1. The highest BCUT2D eigenvalue weighted by atomic mass is 19.1. The van der Waals surface area contributed by atoms with Crippen molar-refractivity contribution in [2.24, 2.45) is 0 Å². The molecular formula is C24H26F2N8O. The van der Waals surface area contributed by atoms with Crippen molar-refractivity contribution in [2.45, 2.75) is 62.8 Å². The average Bonchev–Trinajstić information content (AvgIpc) is 3.21. The first kappa shape index (κ1) is 23.1. The Bertz CT molecular complexity index is 1310. The number of hydrogen-bond acceptors (Lipinski definition) is 8. The van der Waals surface area contributed by atoms with Gasteiger partial charge in [0.15, 0.2) is 23.2 Å². The minimum Gasteiger partial charge on any atom is -0.507 e. The minimum absolute atomic E-state index is 0.131. The number of hydrogen-bond donors (Lipinski definition) is 2. The molecule has 35 heavy (non-hydrogen) atoms. The second kappa shape index (κ2) is 8.23. The third kappa shape index (κ3) is 3.97. The Labute approximate surface area is 201 Å². The van der Waals surface area contributed by atoms with Gasteiger partial charge in [-0.05, 0) is 51.7 Å². The molecule has 9 nitrogen and oxygen atoms in total. The highest BCUT2D eigenvalue weighted by Gasteiger charge is 2.53. The fourth-order valence-corrected chi connectivity index (χ4v) is 5.48. The molecule has 0 amide bonds. The maximum atomic E-state index is 15.6. The van der Waals surface area contributed by atoms with E-state index in [0.717, 1.165) is 30.1 Å². The number of alkyl halides is 1. The lowest BCUT2D eigenvalue weighted by Crippen LogP contribution is -2.72. The highest BCUT2D eigenvalue weighted by molar-refractivity contribution is 5.66. The lowest BCUT2D eigenvalue weighted by atomic mass is 9.68. The molecule has 2 saturated heterocycles. The number of phenols is 1. The zero-order valence-corrected chi connectivity index (χ0v) is 19.7. The normalized spacial score (nSPS) is 27.9. The second-order valence-electron chi connectivity index (χ2n) is 9.96. The maximum Gasteiger partial charge on any atom is 0.198 e. The molecule has 5 rings (SSSR count). The van der Waals surface area contributed by atoms with Gasteiger partial charge in [0.05, 0.1) is 29.7 Å². The van der Waals surface area contributed by atoms with Crippen LogP contribution in [0.1, 0.15) is 45.2 Å². The van der Waals surface area contributed by atoms with E-state index >= 15 is 4.39 Å². The van der Waals surface area contributed by atoms with E-state index in [2.05, 4.69) is 32.5 Å². The number of rotatable bonds is 4. The maximum absolute atomic E-state index is 15.6. The number of halogens is 2. The summed E-state index contributed by atoms with van der Waals surface area (Å²) in [5.41, 5.74) is -0.360. The number of benzene rings is 1. The summed E-state index contributed by atoms with van der Waals surface area (Å²) in [5.74, 6) is -0.274. The number of fused-ring (bicyclic) bond motifs is 2. The van der Waals surface area contributed by atoms with Gasteiger partial charge in [0.2, 0.25) is 0 Å². The predicted octanol–water partition coefficient (Wildman–Crippen LogP) is 3.28. The molecule has 11 heteroatoms. The molecule has 3 aromatic rings. The molecule has 2 aliphatic rings. The van der Waals surface area contributed by atoms with Crippen molar-refractivity contribution in [3.63, 3.8) is 0 Å². The Morgan fingerprint density at radius 1 is 1.29 bits per heavy atom. The van der Waals surface area contributed by atoms with Crippen LogP contribution in [0.4, 0.5) is 14.6 Å². The number of anilines is 1. The summed E-state index contributed by atoms with van der Waals surface area (Å²) in [6.45, 7) is 4.10. The third-order valence-corrected chi connectivity index (χ3v) is 7.29. The molecule has 4 atom stereocenters. The van der Waals surface area contributed by atoms with Crippen LogP contribution in [-0.2, 0) is 0 Å². The largest absolute Gasteiger partial charge is 0.507 e. The summed E-state index contributed by atoms with van der Waals surface area (Å²) >= 11 is 0. The zero-order chi connectivity index (χ0) is 25.0. The number of nitrogens with zero attached hydrogens (tertiary/aromatic N) is 7. The number of nitriles is 1. The lowest BCUT2D eigenvalue weighted by Gasteiger charge is -2.56. The monoisotopic (exact) mass is 480 g/mol. The fourth-order valence-electron chi connectivity index (χ4n) is 5.48. The quantitative estimate of drug-likeness (QED) is 0.585. The third-order valence-electron chi connectivity index (χ3n) is 7.29. The first-order valence-electron chi connectivity index (χ1n) is 11.5. The highest BCUT2D eigenvalue weighted by Crippen LogP contribution is 2.43. The molecule has 0 saturated carbocycles. The van der Waals surface area contributed by atoms with Crippen LogP contribution >= 0.6 is 0 Å². The summed E-state index contributed by atoms with van der Waals surface area (Å²) in [7, 11) is 1.81. The Morgan fingerprint density at radius 3 is 2.74 bits per heavy atom. The first-order valence-corrected chi connectivity index (χ1v) is 11.5. The van der Waals surface area contributed by atoms with E-state index in [0.29, 0.717) is 23.5 Å². The molecule has 2 fully saturated rings. The minimum atomic E-state index is -1.08. The van der Waals surface area contributed by atoms with Gasteiger partial charge in [-0.25, -0.2) is 18.4 Å².